The Morgan fingerprint density at radius 2 is 2.00 bits per heavy atom. The maximum atomic E-state index is 11.9. The molecule has 0 saturated carbocycles. The number of hydrogen-bond acceptors (Lipinski definition) is 3. The third-order valence-corrected chi connectivity index (χ3v) is 3.18. The van der Waals surface area contributed by atoms with Crippen molar-refractivity contribution in [1.29, 1.82) is 5.26 Å². The van der Waals surface area contributed by atoms with Gasteiger partial charge in [-0.05, 0) is 36.3 Å². The summed E-state index contributed by atoms with van der Waals surface area (Å²) in [6, 6.07) is 12.0. The van der Waals surface area contributed by atoms with Gasteiger partial charge in [0.05, 0.1) is 17.3 Å². The van der Waals surface area contributed by atoms with Crippen LogP contribution < -0.4 is 10.9 Å². The second-order valence-corrected chi connectivity index (χ2v) is 5.01. The molecule has 1 N–H and O–H groups in total. The summed E-state index contributed by atoms with van der Waals surface area (Å²) >= 11 is 0. The third-order valence-electron chi connectivity index (χ3n) is 3.18. The largest absolute Gasteiger partial charge is 0.321 e. The van der Waals surface area contributed by atoms with Crippen molar-refractivity contribution in [3.8, 4) is 6.07 Å². The average Bonchev–Trinajstić information content (AvgIpc) is 2.57. The van der Waals surface area contributed by atoms with Crippen LogP contribution in [-0.2, 0) is 11.3 Å². The Kier molecular flexibility index (Phi) is 5.48. The Morgan fingerprint density at radius 3 is 2.65 bits per heavy atom. The SMILES string of the molecule is CCCn1cc(NC(=O)C=Cc2ccc(C#N)cc2)ccc1=O. The molecule has 23 heavy (non-hydrogen) atoms. The van der Waals surface area contributed by atoms with E-state index in [0.717, 1.165) is 12.0 Å². The van der Waals surface area contributed by atoms with Crippen molar-refractivity contribution in [2.75, 3.05) is 5.32 Å². The molecular weight excluding hydrogens is 290 g/mol. The molecular formula is C18H17N3O2. The van der Waals surface area contributed by atoms with Crippen LogP contribution in [0.1, 0.15) is 24.5 Å². The summed E-state index contributed by atoms with van der Waals surface area (Å²) in [6.07, 6.45) is 5.56. The van der Waals surface area contributed by atoms with E-state index in [1.807, 2.05) is 13.0 Å². The Hall–Kier alpha value is -3.13. The van der Waals surface area contributed by atoms with Crippen molar-refractivity contribution in [3.63, 3.8) is 0 Å². The van der Waals surface area contributed by atoms with Gasteiger partial charge in [-0.1, -0.05) is 19.1 Å². The number of hydrogen-bond donors (Lipinski definition) is 1. The maximum absolute atomic E-state index is 11.9. The molecule has 5 nitrogen and oxygen atoms in total. The summed E-state index contributed by atoms with van der Waals surface area (Å²) in [6.45, 7) is 2.60. The summed E-state index contributed by atoms with van der Waals surface area (Å²) in [4.78, 5) is 23.5. The van der Waals surface area contributed by atoms with Gasteiger partial charge in [-0.15, -0.1) is 0 Å². The highest BCUT2D eigenvalue weighted by Gasteiger charge is 2.01. The number of amides is 1. The van der Waals surface area contributed by atoms with Gasteiger partial charge in [0, 0.05) is 24.9 Å². The topological polar surface area (TPSA) is 74.9 Å². The van der Waals surface area contributed by atoms with Crippen molar-refractivity contribution in [2.24, 2.45) is 0 Å². The quantitative estimate of drug-likeness (QED) is 0.863. The number of nitrogens with one attached hydrogen (secondary N) is 1. The van der Waals surface area contributed by atoms with Crippen LogP contribution in [0.4, 0.5) is 5.69 Å². The van der Waals surface area contributed by atoms with Crippen LogP contribution in [0.25, 0.3) is 6.08 Å². The summed E-state index contributed by atoms with van der Waals surface area (Å²) in [5.74, 6) is -0.281. The summed E-state index contributed by atoms with van der Waals surface area (Å²) in [5, 5.41) is 11.5. The summed E-state index contributed by atoms with van der Waals surface area (Å²) < 4.78 is 1.57. The Labute approximate surface area is 134 Å². The number of carbonyl (C=O) groups is 1. The Bertz CT molecular complexity index is 811. The Morgan fingerprint density at radius 1 is 1.26 bits per heavy atom. The van der Waals surface area contributed by atoms with E-state index in [0.29, 0.717) is 17.8 Å². The van der Waals surface area contributed by atoms with Crippen molar-refractivity contribution in [3.05, 3.63) is 70.2 Å². The van der Waals surface area contributed by atoms with Gasteiger partial charge in [-0.3, -0.25) is 9.59 Å². The van der Waals surface area contributed by atoms with E-state index < -0.39 is 0 Å². The van der Waals surface area contributed by atoms with Crippen LogP contribution in [0.2, 0.25) is 0 Å². The van der Waals surface area contributed by atoms with Crippen LogP contribution in [0.5, 0.6) is 0 Å². The van der Waals surface area contributed by atoms with Gasteiger partial charge in [0.15, 0.2) is 0 Å². The number of rotatable bonds is 5. The molecule has 116 valence electrons. The highest BCUT2D eigenvalue weighted by atomic mass is 16.1. The number of aryl methyl sites for hydroxylation is 1. The molecule has 1 heterocycles. The molecule has 0 saturated heterocycles. The van der Waals surface area contributed by atoms with Crippen LogP contribution in [0, 0.1) is 11.3 Å². The first-order chi connectivity index (χ1) is 11.1. The van der Waals surface area contributed by atoms with E-state index in [9.17, 15) is 9.59 Å². The number of nitriles is 1. The molecule has 1 amide bonds. The number of pyridine rings is 1. The monoisotopic (exact) mass is 307 g/mol. The number of anilines is 1. The number of benzene rings is 1. The molecule has 0 unspecified atom stereocenters. The average molecular weight is 307 g/mol. The highest BCUT2D eigenvalue weighted by Crippen LogP contribution is 2.07. The van der Waals surface area contributed by atoms with Crippen molar-refractivity contribution in [1.82, 2.24) is 4.57 Å². The zero-order valence-electron chi connectivity index (χ0n) is 12.8. The molecule has 1 aromatic carbocycles. The second kappa shape index (κ2) is 7.76. The van der Waals surface area contributed by atoms with Gasteiger partial charge in [-0.2, -0.15) is 5.26 Å². The van der Waals surface area contributed by atoms with E-state index in [2.05, 4.69) is 5.32 Å². The molecule has 1 aromatic heterocycles. The van der Waals surface area contributed by atoms with Gasteiger partial charge in [0.1, 0.15) is 0 Å². The molecule has 0 spiro atoms. The zero-order valence-corrected chi connectivity index (χ0v) is 12.8. The summed E-state index contributed by atoms with van der Waals surface area (Å²) in [5.41, 5.74) is 1.89. The first kappa shape index (κ1) is 16.2. The van der Waals surface area contributed by atoms with Gasteiger partial charge >= 0.3 is 0 Å². The smallest absolute Gasteiger partial charge is 0.250 e. The van der Waals surface area contributed by atoms with E-state index in [1.54, 1.807) is 47.2 Å². The predicted octanol–water partition coefficient (Wildman–Crippen LogP) is 2.78. The Balaban J connectivity index is 2.04. The zero-order chi connectivity index (χ0) is 16.7. The lowest BCUT2D eigenvalue weighted by atomic mass is 10.1. The summed E-state index contributed by atoms with van der Waals surface area (Å²) in [7, 11) is 0. The molecule has 2 aromatic rings. The number of nitrogens with zero attached hydrogens (tertiary/aromatic N) is 2. The third kappa shape index (κ3) is 4.68. The highest BCUT2D eigenvalue weighted by molar-refractivity contribution is 6.01. The number of carbonyl (C=O) groups excluding carboxylic acids is 1. The fourth-order valence-electron chi connectivity index (χ4n) is 2.05. The fraction of sp³-hybridized carbons (Fsp3) is 0.167. The maximum Gasteiger partial charge on any atom is 0.250 e. The molecule has 0 bridgehead atoms. The lowest BCUT2D eigenvalue weighted by Gasteiger charge is -2.07. The molecule has 0 aliphatic carbocycles. The molecule has 0 fully saturated rings. The first-order valence-electron chi connectivity index (χ1n) is 7.32. The number of aromatic nitrogens is 1. The van der Waals surface area contributed by atoms with Gasteiger partial charge in [0.2, 0.25) is 5.91 Å². The van der Waals surface area contributed by atoms with E-state index >= 15 is 0 Å². The standard InChI is InChI=1S/C18H17N3O2/c1-2-11-21-13-16(8-10-18(21)23)20-17(22)9-7-14-3-5-15(12-19)6-4-14/h3-10,13H,2,11H2,1H3,(H,20,22). The minimum absolute atomic E-state index is 0.0852. The lowest BCUT2D eigenvalue weighted by Crippen LogP contribution is -2.19. The van der Waals surface area contributed by atoms with Crippen molar-refractivity contribution >= 4 is 17.7 Å². The van der Waals surface area contributed by atoms with E-state index in [-0.39, 0.29) is 11.5 Å². The first-order valence-corrected chi connectivity index (χ1v) is 7.32. The fourth-order valence-corrected chi connectivity index (χ4v) is 2.05. The predicted molar refractivity (Wildman–Crippen MR) is 89.8 cm³/mol. The molecule has 0 radical (unpaired) electrons. The molecule has 0 aliphatic rings. The van der Waals surface area contributed by atoms with E-state index in [4.69, 9.17) is 5.26 Å². The minimum Gasteiger partial charge on any atom is -0.321 e. The molecule has 0 atom stereocenters. The minimum atomic E-state index is -0.281. The van der Waals surface area contributed by atoms with Gasteiger partial charge < -0.3 is 9.88 Å². The molecule has 0 aliphatic heterocycles. The van der Waals surface area contributed by atoms with Gasteiger partial charge in [0.25, 0.3) is 5.56 Å². The van der Waals surface area contributed by atoms with Crippen molar-refractivity contribution in [2.45, 2.75) is 19.9 Å². The van der Waals surface area contributed by atoms with Crippen LogP contribution in [0.3, 0.4) is 0 Å². The molecule has 5 heteroatoms. The van der Waals surface area contributed by atoms with Crippen LogP contribution >= 0.6 is 0 Å². The van der Waals surface area contributed by atoms with Gasteiger partial charge in [-0.25, -0.2) is 0 Å². The van der Waals surface area contributed by atoms with E-state index in [1.165, 1.54) is 12.1 Å². The van der Waals surface area contributed by atoms with Crippen LogP contribution in [-0.4, -0.2) is 10.5 Å². The van der Waals surface area contributed by atoms with Crippen molar-refractivity contribution < 1.29 is 4.79 Å². The molecule has 2 rings (SSSR count). The van der Waals surface area contributed by atoms with Crippen LogP contribution in [0.15, 0.2) is 53.5 Å². The normalized spacial score (nSPS) is 10.4. The lowest BCUT2D eigenvalue weighted by molar-refractivity contribution is -0.111. The second-order valence-electron chi connectivity index (χ2n) is 5.01.